The molecule has 23 heavy (non-hydrogen) atoms. The molecule has 0 saturated carbocycles. The molecule has 0 N–H and O–H groups in total. The van der Waals surface area contributed by atoms with Gasteiger partial charge in [0.25, 0.3) is 6.43 Å². The maximum atomic E-state index is 12.9. The van der Waals surface area contributed by atoms with Crippen molar-refractivity contribution in [2.45, 2.75) is 6.43 Å². The van der Waals surface area contributed by atoms with Gasteiger partial charge in [-0.2, -0.15) is 10.2 Å². The van der Waals surface area contributed by atoms with Crippen molar-refractivity contribution in [2.24, 2.45) is 0 Å². The number of aromatic nitrogens is 2. The molecule has 0 aliphatic rings. The van der Waals surface area contributed by atoms with Gasteiger partial charge in [0, 0.05) is 0 Å². The molecule has 7 heteroatoms. The van der Waals surface area contributed by atoms with E-state index >= 15 is 0 Å². The summed E-state index contributed by atoms with van der Waals surface area (Å²) in [6.07, 6.45) is -2.82. The van der Waals surface area contributed by atoms with E-state index in [9.17, 15) is 8.78 Å². The van der Waals surface area contributed by atoms with Crippen molar-refractivity contribution in [3.8, 4) is 17.7 Å². The van der Waals surface area contributed by atoms with Gasteiger partial charge >= 0.3 is 0 Å². The van der Waals surface area contributed by atoms with Gasteiger partial charge in [-0.25, -0.2) is 13.8 Å². The number of hydrogen-bond acceptors (Lipinski definition) is 4. The molecule has 0 saturated heterocycles. The molecule has 0 amide bonds. The van der Waals surface area contributed by atoms with Crippen LogP contribution in [0.15, 0.2) is 42.5 Å². The van der Waals surface area contributed by atoms with Crippen LogP contribution in [0.1, 0.15) is 17.8 Å². The molecule has 1 aromatic heterocycles. The number of halogens is 3. The van der Waals surface area contributed by atoms with E-state index in [0.717, 1.165) is 0 Å². The predicted molar refractivity (Wildman–Crippen MR) is 80.7 cm³/mol. The molecule has 3 rings (SSSR count). The number of nitriles is 1. The first kappa shape index (κ1) is 15.1. The third kappa shape index (κ3) is 3.05. The fraction of sp³-hybridized carbons (Fsp3) is 0.0625. The lowest BCUT2D eigenvalue weighted by Gasteiger charge is -2.10. The van der Waals surface area contributed by atoms with Crippen LogP contribution in [0, 0.1) is 11.3 Å². The summed E-state index contributed by atoms with van der Waals surface area (Å²) in [5, 5.41) is 9.50. The maximum Gasteiger partial charge on any atom is 0.297 e. The van der Waals surface area contributed by atoms with Gasteiger partial charge in [0.15, 0.2) is 5.82 Å². The molecule has 0 bridgehead atoms. The van der Waals surface area contributed by atoms with Crippen molar-refractivity contribution in [1.29, 1.82) is 5.26 Å². The zero-order valence-corrected chi connectivity index (χ0v) is 12.3. The second-order valence-corrected chi connectivity index (χ2v) is 4.97. The van der Waals surface area contributed by atoms with Crippen molar-refractivity contribution in [2.75, 3.05) is 0 Å². The van der Waals surface area contributed by atoms with Gasteiger partial charge in [-0.05, 0) is 30.3 Å². The summed E-state index contributed by atoms with van der Waals surface area (Å²) in [6, 6.07) is 13.0. The van der Waals surface area contributed by atoms with Crippen LogP contribution in [-0.2, 0) is 0 Å². The Bertz CT molecular complexity index is 925. The highest BCUT2D eigenvalue weighted by atomic mass is 35.5. The van der Waals surface area contributed by atoms with Crippen LogP contribution in [0.4, 0.5) is 8.78 Å². The summed E-state index contributed by atoms with van der Waals surface area (Å²) in [5.41, 5.74) is 0.709. The highest BCUT2D eigenvalue weighted by Crippen LogP contribution is 2.33. The molecular weight excluding hydrogens is 324 g/mol. The quantitative estimate of drug-likeness (QED) is 0.686. The highest BCUT2D eigenvalue weighted by molar-refractivity contribution is 6.32. The number of rotatable bonds is 3. The van der Waals surface area contributed by atoms with Crippen LogP contribution in [0.25, 0.3) is 10.9 Å². The van der Waals surface area contributed by atoms with Crippen LogP contribution < -0.4 is 4.74 Å². The topological polar surface area (TPSA) is 58.8 Å². The molecule has 1 heterocycles. The smallest absolute Gasteiger partial charge is 0.297 e. The average Bonchev–Trinajstić information content (AvgIpc) is 2.56. The van der Waals surface area contributed by atoms with Crippen LogP contribution in [0.3, 0.4) is 0 Å². The van der Waals surface area contributed by atoms with Gasteiger partial charge in [-0.15, -0.1) is 0 Å². The van der Waals surface area contributed by atoms with E-state index in [4.69, 9.17) is 21.6 Å². The van der Waals surface area contributed by atoms with E-state index < -0.39 is 12.2 Å². The van der Waals surface area contributed by atoms with E-state index in [1.54, 1.807) is 24.3 Å². The molecular formula is C16H8ClF2N3O. The largest absolute Gasteiger partial charge is 0.437 e. The van der Waals surface area contributed by atoms with E-state index in [2.05, 4.69) is 9.97 Å². The molecule has 0 radical (unpaired) electrons. The summed E-state index contributed by atoms with van der Waals surface area (Å²) in [5.74, 6) is -0.421. The molecule has 0 aliphatic heterocycles. The molecule has 3 aromatic rings. The van der Waals surface area contributed by atoms with Gasteiger partial charge in [-0.1, -0.05) is 23.7 Å². The van der Waals surface area contributed by atoms with Crippen molar-refractivity contribution < 1.29 is 13.5 Å². The number of nitrogens with zero attached hydrogens (tertiary/aromatic N) is 3. The second-order valence-electron chi connectivity index (χ2n) is 4.56. The van der Waals surface area contributed by atoms with Gasteiger partial charge < -0.3 is 4.74 Å². The van der Waals surface area contributed by atoms with Crippen LogP contribution >= 0.6 is 11.6 Å². The zero-order valence-electron chi connectivity index (χ0n) is 11.5. The Morgan fingerprint density at radius 3 is 2.61 bits per heavy atom. The number of benzene rings is 2. The lowest BCUT2D eigenvalue weighted by Crippen LogP contribution is -2.00. The molecule has 0 spiro atoms. The molecule has 0 fully saturated rings. The summed E-state index contributed by atoms with van der Waals surface area (Å²) < 4.78 is 31.5. The first-order valence-corrected chi connectivity index (χ1v) is 6.88. The molecule has 2 aromatic carbocycles. The third-order valence-corrected chi connectivity index (χ3v) is 3.34. The standard InChI is InChI=1S/C16H8ClF2N3O/c17-11-7-9(8-20)5-6-13(11)23-16-10-3-1-2-4-12(10)21-15(22-16)14(18)19/h1-7,14H. The minimum Gasteiger partial charge on any atom is -0.437 e. The van der Waals surface area contributed by atoms with Crippen LogP contribution in [-0.4, -0.2) is 9.97 Å². The minimum absolute atomic E-state index is 0.0162. The van der Waals surface area contributed by atoms with Gasteiger partial charge in [0.2, 0.25) is 5.88 Å². The molecule has 0 aliphatic carbocycles. The Kier molecular flexibility index (Phi) is 4.04. The highest BCUT2D eigenvalue weighted by Gasteiger charge is 2.17. The number of fused-ring (bicyclic) bond motifs is 1. The Labute approximate surface area is 134 Å². The van der Waals surface area contributed by atoms with E-state index in [1.807, 2.05) is 6.07 Å². The third-order valence-electron chi connectivity index (χ3n) is 3.05. The second kappa shape index (κ2) is 6.15. The van der Waals surface area contributed by atoms with E-state index in [1.165, 1.54) is 18.2 Å². The predicted octanol–water partition coefficient (Wildman–Crippen LogP) is 4.88. The molecule has 0 atom stereocenters. The summed E-state index contributed by atoms with van der Waals surface area (Å²) >= 11 is 6.04. The molecule has 114 valence electrons. The fourth-order valence-electron chi connectivity index (χ4n) is 2.00. The van der Waals surface area contributed by atoms with E-state index in [-0.39, 0.29) is 16.7 Å². The Hall–Kier alpha value is -2.78. The summed E-state index contributed by atoms with van der Waals surface area (Å²) in [6.45, 7) is 0. The minimum atomic E-state index is -2.82. The number of alkyl halides is 2. The van der Waals surface area contributed by atoms with Crippen molar-refractivity contribution in [3.05, 3.63) is 58.9 Å². The molecule has 4 nitrogen and oxygen atoms in total. The lowest BCUT2D eigenvalue weighted by molar-refractivity contribution is 0.140. The number of ether oxygens (including phenoxy) is 1. The van der Waals surface area contributed by atoms with E-state index in [0.29, 0.717) is 16.5 Å². The van der Waals surface area contributed by atoms with Crippen LogP contribution in [0.5, 0.6) is 11.6 Å². The van der Waals surface area contributed by atoms with Gasteiger partial charge in [0.1, 0.15) is 5.75 Å². The Morgan fingerprint density at radius 2 is 1.91 bits per heavy atom. The fourth-order valence-corrected chi connectivity index (χ4v) is 2.22. The molecule has 0 unspecified atom stereocenters. The van der Waals surface area contributed by atoms with Gasteiger partial charge in [-0.3, -0.25) is 0 Å². The average molecular weight is 332 g/mol. The lowest BCUT2D eigenvalue weighted by atomic mass is 10.2. The van der Waals surface area contributed by atoms with Crippen molar-refractivity contribution in [3.63, 3.8) is 0 Å². The Morgan fingerprint density at radius 1 is 1.13 bits per heavy atom. The zero-order chi connectivity index (χ0) is 16.4. The van der Waals surface area contributed by atoms with Gasteiger partial charge in [0.05, 0.1) is 27.6 Å². The number of para-hydroxylation sites is 1. The van der Waals surface area contributed by atoms with Crippen molar-refractivity contribution >= 4 is 22.5 Å². The monoisotopic (exact) mass is 331 g/mol. The summed E-state index contributed by atoms with van der Waals surface area (Å²) in [7, 11) is 0. The maximum absolute atomic E-state index is 12.9. The normalized spacial score (nSPS) is 10.7. The first-order chi connectivity index (χ1) is 11.1. The number of hydrogen-bond donors (Lipinski definition) is 0. The SMILES string of the molecule is N#Cc1ccc(Oc2nc(C(F)F)nc3ccccc23)c(Cl)c1. The summed E-state index contributed by atoms with van der Waals surface area (Å²) in [4.78, 5) is 7.58. The first-order valence-electron chi connectivity index (χ1n) is 6.51. The Balaban J connectivity index is 2.10. The van der Waals surface area contributed by atoms with Crippen molar-refractivity contribution in [1.82, 2.24) is 9.97 Å². The van der Waals surface area contributed by atoms with Crippen LogP contribution in [0.2, 0.25) is 5.02 Å².